The summed E-state index contributed by atoms with van der Waals surface area (Å²) in [6, 6.07) is 8.90. The van der Waals surface area contributed by atoms with Crippen molar-refractivity contribution in [1.29, 1.82) is 0 Å². The third-order valence-electron chi connectivity index (χ3n) is 8.26. The lowest BCUT2D eigenvalue weighted by atomic mass is 9.93. The number of carbonyl (C=O) groups is 4. The lowest BCUT2D eigenvalue weighted by Crippen LogP contribution is -2.52. The molecule has 10 nitrogen and oxygen atoms in total. The molecule has 1 unspecified atom stereocenters. The van der Waals surface area contributed by atoms with Crippen molar-refractivity contribution in [2.75, 3.05) is 37.6 Å². The molecule has 4 aliphatic heterocycles. The molecule has 0 aliphatic carbocycles. The Morgan fingerprint density at radius 2 is 1.85 bits per heavy atom. The molecule has 202 valence electrons. The minimum Gasteiger partial charge on any atom is -0.366 e. The number of rotatable bonds is 6. The van der Waals surface area contributed by atoms with Gasteiger partial charge in [0.1, 0.15) is 11.9 Å². The van der Waals surface area contributed by atoms with Crippen molar-refractivity contribution in [2.45, 2.75) is 38.3 Å². The van der Waals surface area contributed by atoms with Gasteiger partial charge >= 0.3 is 0 Å². The van der Waals surface area contributed by atoms with Crippen LogP contribution in [-0.4, -0.2) is 77.2 Å². The predicted octanol–water partition coefficient (Wildman–Crippen LogP) is 1.56. The molecule has 10 heteroatoms. The van der Waals surface area contributed by atoms with E-state index in [2.05, 4.69) is 32.2 Å². The number of hydrogen-bond acceptors (Lipinski definition) is 7. The van der Waals surface area contributed by atoms with Crippen molar-refractivity contribution < 1.29 is 19.2 Å². The highest BCUT2D eigenvalue weighted by molar-refractivity contribution is 6.05. The zero-order valence-corrected chi connectivity index (χ0v) is 21.8. The van der Waals surface area contributed by atoms with E-state index >= 15 is 0 Å². The number of nitrogens with one attached hydrogen (secondary N) is 1. The first-order chi connectivity index (χ1) is 18.8. The molecule has 0 radical (unpaired) electrons. The first-order valence-corrected chi connectivity index (χ1v) is 13.5. The van der Waals surface area contributed by atoms with Gasteiger partial charge in [0.2, 0.25) is 17.7 Å². The molecule has 0 spiro atoms. The van der Waals surface area contributed by atoms with E-state index in [1.165, 1.54) is 5.57 Å². The van der Waals surface area contributed by atoms with E-state index in [1.807, 2.05) is 18.2 Å². The van der Waals surface area contributed by atoms with Crippen LogP contribution in [0.3, 0.4) is 0 Å². The number of benzene rings is 1. The number of likely N-dealkylation sites (tertiary alicyclic amines) is 1. The van der Waals surface area contributed by atoms with E-state index in [0.29, 0.717) is 30.0 Å². The van der Waals surface area contributed by atoms with Crippen LogP contribution in [0.2, 0.25) is 0 Å². The maximum atomic E-state index is 12.9. The number of nitrogens with zero attached hydrogens (tertiary/aromatic N) is 4. The van der Waals surface area contributed by atoms with Crippen molar-refractivity contribution >= 4 is 35.5 Å². The lowest BCUT2D eigenvalue weighted by Gasteiger charge is -2.40. The van der Waals surface area contributed by atoms with Gasteiger partial charge in [-0.3, -0.25) is 29.4 Å². The van der Waals surface area contributed by atoms with Crippen molar-refractivity contribution in [3.63, 3.8) is 0 Å². The van der Waals surface area contributed by atoms with Crippen LogP contribution in [0.4, 0.5) is 5.82 Å². The summed E-state index contributed by atoms with van der Waals surface area (Å²) < 4.78 is 0. The zero-order chi connectivity index (χ0) is 27.1. The summed E-state index contributed by atoms with van der Waals surface area (Å²) in [6.07, 6.45) is 6.60. The molecule has 1 aromatic heterocycles. The van der Waals surface area contributed by atoms with Crippen LogP contribution in [0, 0.1) is 5.92 Å². The Labute approximate surface area is 226 Å². The number of pyridine rings is 1. The van der Waals surface area contributed by atoms with E-state index < -0.39 is 11.9 Å². The van der Waals surface area contributed by atoms with Gasteiger partial charge in [0.05, 0.1) is 5.56 Å². The number of imide groups is 1. The average molecular weight is 529 g/mol. The number of primary amides is 1. The van der Waals surface area contributed by atoms with Crippen LogP contribution >= 0.6 is 0 Å². The summed E-state index contributed by atoms with van der Waals surface area (Å²) in [5, 5.41) is 2.35. The molecular weight excluding hydrogens is 496 g/mol. The fraction of sp³-hybridized carbons (Fsp3) is 0.414. The number of amides is 4. The summed E-state index contributed by atoms with van der Waals surface area (Å²) in [6.45, 7) is 5.29. The van der Waals surface area contributed by atoms with Crippen molar-refractivity contribution in [1.82, 2.24) is 20.1 Å². The lowest BCUT2D eigenvalue weighted by molar-refractivity contribution is -0.136. The standard InChI is InChI=1S/C29H32N6O4/c30-27(37)21-2-5-25(31-13-21)34-9-7-18(8-10-34)14-33-15-20(16-33)11-19-1-3-23-22(12-19)17-35(29(23)39)24-4-6-26(36)32-28(24)38/h1-3,5,11-13,18,24H,4,6-10,14-17H2,(H2,30,37)(H,32,36,38). The quantitative estimate of drug-likeness (QED) is 0.545. The van der Waals surface area contributed by atoms with Gasteiger partial charge in [0, 0.05) is 57.4 Å². The van der Waals surface area contributed by atoms with Crippen molar-refractivity contribution in [2.24, 2.45) is 11.7 Å². The smallest absolute Gasteiger partial charge is 0.255 e. The van der Waals surface area contributed by atoms with Gasteiger partial charge in [-0.05, 0) is 66.1 Å². The highest BCUT2D eigenvalue weighted by Crippen LogP contribution is 2.30. The number of hydrogen-bond donors (Lipinski definition) is 2. The van der Waals surface area contributed by atoms with Gasteiger partial charge < -0.3 is 15.5 Å². The minimum absolute atomic E-state index is 0.141. The van der Waals surface area contributed by atoms with Crippen molar-refractivity contribution in [3.05, 3.63) is 64.4 Å². The molecule has 3 saturated heterocycles. The molecule has 4 amide bonds. The van der Waals surface area contributed by atoms with Crippen LogP contribution < -0.4 is 16.0 Å². The molecule has 3 fully saturated rings. The predicted molar refractivity (Wildman–Crippen MR) is 145 cm³/mol. The van der Waals surface area contributed by atoms with E-state index in [9.17, 15) is 19.2 Å². The summed E-state index contributed by atoms with van der Waals surface area (Å²) in [5.41, 5.74) is 9.75. The summed E-state index contributed by atoms with van der Waals surface area (Å²) in [4.78, 5) is 58.7. The maximum absolute atomic E-state index is 12.9. The van der Waals surface area contributed by atoms with Crippen LogP contribution in [-0.2, 0) is 16.1 Å². The van der Waals surface area contributed by atoms with Crippen molar-refractivity contribution in [3.8, 4) is 0 Å². The number of piperidine rings is 2. The number of anilines is 1. The fourth-order valence-electron chi connectivity index (χ4n) is 6.10. The van der Waals surface area contributed by atoms with Gasteiger partial charge in [-0.1, -0.05) is 12.1 Å². The van der Waals surface area contributed by atoms with Crippen LogP contribution in [0.5, 0.6) is 0 Å². The van der Waals surface area contributed by atoms with Gasteiger partial charge in [0.15, 0.2) is 0 Å². The highest BCUT2D eigenvalue weighted by atomic mass is 16.2. The second-order valence-electron chi connectivity index (χ2n) is 11.0. The molecule has 39 heavy (non-hydrogen) atoms. The second-order valence-corrected chi connectivity index (χ2v) is 11.0. The number of carbonyl (C=O) groups excluding carboxylic acids is 4. The highest BCUT2D eigenvalue weighted by Gasteiger charge is 2.39. The minimum atomic E-state index is -0.588. The normalized spacial score (nSPS) is 22.0. The molecule has 0 saturated carbocycles. The number of nitrogens with two attached hydrogens (primary N) is 1. The molecule has 3 N–H and O–H groups in total. The van der Waals surface area contributed by atoms with Gasteiger partial charge in [-0.25, -0.2) is 4.98 Å². The summed E-state index contributed by atoms with van der Waals surface area (Å²) in [5.74, 6) is 0.281. The average Bonchev–Trinajstić information content (AvgIpc) is 3.23. The number of fused-ring (bicyclic) bond motifs is 1. The Balaban J connectivity index is 0.988. The molecule has 1 aromatic carbocycles. The molecular formula is C29H32N6O4. The third-order valence-corrected chi connectivity index (χ3v) is 8.26. The number of aromatic nitrogens is 1. The van der Waals surface area contributed by atoms with E-state index in [1.54, 1.807) is 17.2 Å². The Hall–Kier alpha value is -4.05. The summed E-state index contributed by atoms with van der Waals surface area (Å²) >= 11 is 0. The van der Waals surface area contributed by atoms with Gasteiger partial charge in [-0.15, -0.1) is 0 Å². The molecule has 5 heterocycles. The SMILES string of the molecule is NC(=O)c1ccc(N2CCC(CN3CC(=Cc4ccc5c(c4)CN(C4CCC(=O)NC4=O)C5=O)C3)CC2)nc1. The second kappa shape index (κ2) is 10.3. The molecule has 1 atom stereocenters. The van der Waals surface area contributed by atoms with Crippen LogP contribution in [0.1, 0.15) is 57.5 Å². The maximum Gasteiger partial charge on any atom is 0.255 e. The fourth-order valence-corrected chi connectivity index (χ4v) is 6.10. The Bertz CT molecular complexity index is 1350. The third kappa shape index (κ3) is 5.16. The van der Waals surface area contributed by atoms with Gasteiger partial charge in [0.25, 0.3) is 5.91 Å². The molecule has 0 bridgehead atoms. The molecule has 2 aromatic rings. The van der Waals surface area contributed by atoms with Crippen LogP contribution in [0.25, 0.3) is 6.08 Å². The molecule has 4 aliphatic rings. The largest absolute Gasteiger partial charge is 0.366 e. The van der Waals surface area contributed by atoms with E-state index in [0.717, 1.165) is 62.5 Å². The monoisotopic (exact) mass is 528 g/mol. The Morgan fingerprint density at radius 3 is 2.54 bits per heavy atom. The topological polar surface area (TPSA) is 129 Å². The van der Waals surface area contributed by atoms with E-state index in [4.69, 9.17) is 5.73 Å². The Morgan fingerprint density at radius 1 is 1.05 bits per heavy atom. The zero-order valence-electron chi connectivity index (χ0n) is 21.8. The van der Waals surface area contributed by atoms with E-state index in [-0.39, 0.29) is 24.1 Å². The van der Waals surface area contributed by atoms with Gasteiger partial charge in [-0.2, -0.15) is 0 Å². The Kier molecular flexibility index (Phi) is 6.64. The molecule has 6 rings (SSSR count). The first-order valence-electron chi connectivity index (χ1n) is 13.5. The first kappa shape index (κ1) is 25.2. The summed E-state index contributed by atoms with van der Waals surface area (Å²) in [7, 11) is 0. The van der Waals surface area contributed by atoms with Crippen LogP contribution in [0.15, 0.2) is 42.1 Å².